The fourth-order valence-corrected chi connectivity index (χ4v) is 5.90. The number of likely N-dealkylation sites (tertiary alicyclic amines) is 1. The average molecular weight is 434 g/mol. The molecule has 6 nitrogen and oxygen atoms in total. The van der Waals surface area contributed by atoms with E-state index in [-0.39, 0.29) is 6.03 Å². The molecule has 1 aliphatic heterocycles. The summed E-state index contributed by atoms with van der Waals surface area (Å²) in [5.74, 6) is 3.60. The monoisotopic (exact) mass is 433 g/mol. The second-order valence-corrected chi connectivity index (χ2v) is 10.3. The highest BCUT2D eigenvalue weighted by Crippen LogP contribution is 2.49. The Kier molecular flexibility index (Phi) is 6.05. The Balaban J connectivity index is 1.06. The Morgan fingerprint density at radius 2 is 1.78 bits per heavy atom. The summed E-state index contributed by atoms with van der Waals surface area (Å²) in [6, 6.07) is 9.57. The maximum Gasteiger partial charge on any atom is 0.321 e. The Morgan fingerprint density at radius 1 is 1.06 bits per heavy atom. The van der Waals surface area contributed by atoms with Crippen LogP contribution in [0.2, 0.25) is 0 Å². The normalized spacial score (nSPS) is 24.7. The lowest BCUT2D eigenvalue weighted by atomic mass is 9.61. The van der Waals surface area contributed by atoms with Crippen molar-refractivity contribution >= 4 is 17.4 Å². The molecule has 4 aliphatic rings. The van der Waals surface area contributed by atoms with Gasteiger partial charge in [0.25, 0.3) is 0 Å². The zero-order valence-electron chi connectivity index (χ0n) is 19.0. The molecule has 0 atom stereocenters. The third kappa shape index (κ3) is 4.75. The molecule has 1 aromatic carbocycles. The second-order valence-electron chi connectivity index (χ2n) is 10.3. The summed E-state index contributed by atoms with van der Waals surface area (Å²) < 4.78 is 0. The van der Waals surface area contributed by atoms with E-state index in [9.17, 15) is 4.79 Å². The molecule has 3 N–H and O–H groups in total. The van der Waals surface area contributed by atoms with Crippen LogP contribution in [0.5, 0.6) is 0 Å². The van der Waals surface area contributed by atoms with Gasteiger partial charge in [0, 0.05) is 37.9 Å². The molecular formula is C26H35N5O. The van der Waals surface area contributed by atoms with Crippen molar-refractivity contribution in [3.8, 4) is 11.1 Å². The molecule has 1 aromatic heterocycles. The summed E-state index contributed by atoms with van der Waals surface area (Å²) in [5.41, 5.74) is 9.42. The summed E-state index contributed by atoms with van der Waals surface area (Å²) >= 11 is 0. The zero-order valence-corrected chi connectivity index (χ0v) is 19.0. The minimum Gasteiger partial charge on any atom is -0.397 e. The van der Waals surface area contributed by atoms with Gasteiger partial charge >= 0.3 is 6.03 Å². The zero-order chi connectivity index (χ0) is 22.1. The first-order valence-corrected chi connectivity index (χ1v) is 12.1. The van der Waals surface area contributed by atoms with Crippen LogP contribution in [-0.4, -0.2) is 54.0 Å². The molecule has 3 saturated carbocycles. The number of carbonyl (C=O) groups excluding carboxylic acids is 1. The number of aromatic nitrogens is 1. The summed E-state index contributed by atoms with van der Waals surface area (Å²) in [6.07, 6.45) is 10.8. The minimum absolute atomic E-state index is 0.0658. The molecule has 2 amide bonds. The van der Waals surface area contributed by atoms with Gasteiger partial charge in [-0.15, -0.1) is 0 Å². The summed E-state index contributed by atoms with van der Waals surface area (Å²) in [7, 11) is 2.23. The molecule has 2 aromatic rings. The minimum atomic E-state index is -0.0658. The lowest BCUT2D eigenvalue weighted by molar-refractivity contribution is 0.0553. The maximum atomic E-state index is 12.7. The first-order valence-electron chi connectivity index (χ1n) is 12.1. The second kappa shape index (κ2) is 9.10. The number of fused-ring (bicyclic) bond motifs is 2. The molecule has 0 unspecified atom stereocenters. The number of nitrogens with one attached hydrogen (secondary N) is 1. The van der Waals surface area contributed by atoms with Crippen molar-refractivity contribution < 1.29 is 4.79 Å². The number of carbonyl (C=O) groups is 1. The van der Waals surface area contributed by atoms with Gasteiger partial charge in [0.15, 0.2) is 0 Å². The van der Waals surface area contributed by atoms with Crippen LogP contribution in [0.15, 0.2) is 42.7 Å². The van der Waals surface area contributed by atoms with Gasteiger partial charge in [0.05, 0.1) is 11.4 Å². The number of pyridine rings is 1. The lowest BCUT2D eigenvalue weighted by Crippen LogP contribution is -2.54. The first kappa shape index (κ1) is 21.3. The van der Waals surface area contributed by atoms with Crippen LogP contribution in [0.3, 0.4) is 0 Å². The number of hydrogen-bond donors (Lipinski definition) is 2. The smallest absolute Gasteiger partial charge is 0.321 e. The number of hydrogen-bond acceptors (Lipinski definition) is 4. The quantitative estimate of drug-likeness (QED) is 0.628. The van der Waals surface area contributed by atoms with Crippen LogP contribution >= 0.6 is 0 Å². The van der Waals surface area contributed by atoms with Crippen molar-refractivity contribution in [2.45, 2.75) is 32.1 Å². The number of amides is 2. The van der Waals surface area contributed by atoms with Gasteiger partial charge in [-0.1, -0.05) is 6.07 Å². The Hall–Kier alpha value is -2.60. The van der Waals surface area contributed by atoms with E-state index < -0.39 is 0 Å². The van der Waals surface area contributed by atoms with E-state index in [2.05, 4.69) is 22.2 Å². The van der Waals surface area contributed by atoms with E-state index in [1.165, 1.54) is 38.6 Å². The highest BCUT2D eigenvalue weighted by atomic mass is 16.2. The topological polar surface area (TPSA) is 74.5 Å². The number of benzene rings is 1. The van der Waals surface area contributed by atoms with Crippen LogP contribution in [-0.2, 0) is 0 Å². The van der Waals surface area contributed by atoms with Gasteiger partial charge in [-0.25, -0.2) is 4.79 Å². The number of nitrogens with zero attached hydrogens (tertiary/aromatic N) is 3. The van der Waals surface area contributed by atoms with Gasteiger partial charge in [-0.2, -0.15) is 0 Å². The Labute approximate surface area is 191 Å². The van der Waals surface area contributed by atoms with Crippen molar-refractivity contribution in [2.75, 3.05) is 44.3 Å². The van der Waals surface area contributed by atoms with Gasteiger partial charge < -0.3 is 20.9 Å². The summed E-state index contributed by atoms with van der Waals surface area (Å²) in [6.45, 7) is 3.88. The standard InChI is InChI=1S/C26H35N5O/c1-30(9-6-18-10-19-12-20(11-18)13-19)15-21-16-31(17-21)26(32)29-25-14-23(2-3-24(25)27)22-4-7-28-8-5-22/h2-5,7-8,14,18-21H,6,9-13,15-17,27H2,1H3,(H,29,32). The SMILES string of the molecule is CN(CCC1CC2CC(C1)C2)CC1CN(C(=O)Nc2cc(-c3ccncc3)ccc2N)C1. The van der Waals surface area contributed by atoms with Crippen molar-refractivity contribution in [3.63, 3.8) is 0 Å². The molecular weight excluding hydrogens is 398 g/mol. The van der Waals surface area contributed by atoms with Crippen LogP contribution in [0.4, 0.5) is 16.2 Å². The van der Waals surface area contributed by atoms with Crippen LogP contribution < -0.4 is 11.1 Å². The van der Waals surface area contributed by atoms with Gasteiger partial charge in [0.1, 0.15) is 0 Å². The number of urea groups is 1. The predicted molar refractivity (Wildman–Crippen MR) is 129 cm³/mol. The number of nitrogens with two attached hydrogens (primary N) is 1. The maximum absolute atomic E-state index is 12.7. The first-order chi connectivity index (χ1) is 15.5. The fraction of sp³-hybridized carbons (Fsp3) is 0.538. The number of nitrogen functional groups attached to an aromatic ring is 1. The molecule has 0 radical (unpaired) electrons. The van der Waals surface area contributed by atoms with Crippen molar-refractivity contribution in [1.29, 1.82) is 0 Å². The van der Waals surface area contributed by atoms with E-state index in [0.29, 0.717) is 17.3 Å². The molecule has 6 heteroatoms. The summed E-state index contributed by atoms with van der Waals surface area (Å²) in [5, 5.41) is 3.01. The molecule has 32 heavy (non-hydrogen) atoms. The highest BCUT2D eigenvalue weighted by Gasteiger charge is 2.38. The van der Waals surface area contributed by atoms with E-state index in [4.69, 9.17) is 5.73 Å². The Bertz CT molecular complexity index is 926. The highest BCUT2D eigenvalue weighted by molar-refractivity contribution is 5.94. The molecule has 170 valence electrons. The van der Waals surface area contributed by atoms with Gasteiger partial charge in [-0.3, -0.25) is 4.98 Å². The number of anilines is 2. The molecule has 2 heterocycles. The Morgan fingerprint density at radius 3 is 2.50 bits per heavy atom. The third-order valence-electron chi connectivity index (χ3n) is 7.71. The van der Waals surface area contributed by atoms with Gasteiger partial charge in [0.2, 0.25) is 0 Å². The lowest BCUT2D eigenvalue weighted by Gasteiger charge is -2.46. The molecule has 1 saturated heterocycles. The molecule has 0 spiro atoms. The number of rotatable bonds is 7. The van der Waals surface area contributed by atoms with E-state index in [1.807, 2.05) is 35.2 Å². The van der Waals surface area contributed by atoms with Crippen molar-refractivity contribution in [3.05, 3.63) is 42.7 Å². The average Bonchev–Trinajstić information content (AvgIpc) is 2.76. The van der Waals surface area contributed by atoms with Crippen LogP contribution in [0.1, 0.15) is 32.1 Å². The molecule has 3 aliphatic carbocycles. The fourth-order valence-electron chi connectivity index (χ4n) is 5.90. The van der Waals surface area contributed by atoms with Crippen molar-refractivity contribution in [1.82, 2.24) is 14.8 Å². The van der Waals surface area contributed by atoms with E-state index in [0.717, 1.165) is 48.5 Å². The van der Waals surface area contributed by atoms with Crippen LogP contribution in [0, 0.1) is 23.7 Å². The van der Waals surface area contributed by atoms with Crippen LogP contribution in [0.25, 0.3) is 11.1 Å². The van der Waals surface area contributed by atoms with E-state index in [1.54, 1.807) is 12.4 Å². The molecule has 2 bridgehead atoms. The summed E-state index contributed by atoms with van der Waals surface area (Å²) in [4.78, 5) is 21.1. The predicted octanol–water partition coefficient (Wildman–Crippen LogP) is 4.55. The largest absolute Gasteiger partial charge is 0.397 e. The third-order valence-corrected chi connectivity index (χ3v) is 7.71. The van der Waals surface area contributed by atoms with E-state index >= 15 is 0 Å². The molecule has 4 fully saturated rings. The van der Waals surface area contributed by atoms with Gasteiger partial charge in [-0.05, 0) is 98.8 Å². The van der Waals surface area contributed by atoms with Crippen molar-refractivity contribution in [2.24, 2.45) is 23.7 Å². The molecule has 6 rings (SSSR count).